The molecule has 112 valence electrons. The molecule has 1 atom stereocenters. The van der Waals surface area contributed by atoms with E-state index in [0.717, 1.165) is 19.4 Å². The molecule has 1 amide bonds. The molecule has 0 radical (unpaired) electrons. The number of carbonyl (C=O) groups excluding carboxylic acids is 1. The third kappa shape index (κ3) is 4.80. The monoisotopic (exact) mass is 281 g/mol. The van der Waals surface area contributed by atoms with Crippen LogP contribution in [0, 0.1) is 5.92 Å². The topological polar surface area (TPSA) is 92.1 Å². The second kappa shape index (κ2) is 6.69. The van der Waals surface area contributed by atoms with E-state index in [-0.39, 0.29) is 18.0 Å². The van der Waals surface area contributed by atoms with Gasteiger partial charge in [-0.2, -0.15) is 0 Å². The lowest BCUT2D eigenvalue weighted by atomic mass is 10.2. The van der Waals surface area contributed by atoms with Gasteiger partial charge in [-0.1, -0.05) is 18.9 Å². The van der Waals surface area contributed by atoms with Gasteiger partial charge in [0.15, 0.2) is 0 Å². The molecule has 1 unspecified atom stereocenters. The molecule has 1 saturated carbocycles. The second-order valence-electron chi connectivity index (χ2n) is 5.67. The normalized spacial score (nSPS) is 16.2. The minimum atomic E-state index is -0.382. The molecule has 2 rings (SSSR count). The first-order valence-electron chi connectivity index (χ1n) is 7.14. The van der Waals surface area contributed by atoms with Crippen LogP contribution in [0.2, 0.25) is 0 Å². The lowest BCUT2D eigenvalue weighted by Gasteiger charge is -2.11. The van der Waals surface area contributed by atoms with E-state index in [9.17, 15) is 4.79 Å². The number of hydrogen-bond acceptors (Lipinski definition) is 6. The van der Waals surface area contributed by atoms with Gasteiger partial charge < -0.3 is 20.4 Å². The first kappa shape index (κ1) is 14.8. The van der Waals surface area contributed by atoms with Gasteiger partial charge >= 0.3 is 6.01 Å². The summed E-state index contributed by atoms with van der Waals surface area (Å²) in [5.41, 5.74) is 0. The van der Waals surface area contributed by atoms with Crippen molar-refractivity contribution in [1.29, 1.82) is 0 Å². The van der Waals surface area contributed by atoms with Crippen molar-refractivity contribution in [2.45, 2.75) is 52.2 Å². The Labute approximate surface area is 118 Å². The van der Waals surface area contributed by atoms with Gasteiger partial charge in [-0.25, -0.2) is 0 Å². The van der Waals surface area contributed by atoms with Crippen molar-refractivity contribution in [3.8, 4) is 0 Å². The Morgan fingerprint density at radius 2 is 2.10 bits per heavy atom. The quantitative estimate of drug-likeness (QED) is 0.655. The number of nitrogens with one attached hydrogen (secondary N) is 3. The number of anilines is 1. The van der Waals surface area contributed by atoms with Crippen molar-refractivity contribution >= 4 is 11.9 Å². The zero-order valence-electron chi connectivity index (χ0n) is 12.3. The first-order valence-corrected chi connectivity index (χ1v) is 7.14. The first-order chi connectivity index (χ1) is 9.54. The molecular weight excluding hydrogens is 258 g/mol. The van der Waals surface area contributed by atoms with Gasteiger partial charge in [0.05, 0.1) is 6.54 Å². The molecular formula is C13H23N5O2. The average Bonchev–Trinajstić information content (AvgIpc) is 3.08. The predicted octanol–water partition coefficient (Wildman–Crippen LogP) is 0.894. The zero-order chi connectivity index (χ0) is 14.5. The number of amides is 1. The van der Waals surface area contributed by atoms with Crippen LogP contribution >= 0.6 is 0 Å². The number of aromatic nitrogens is 2. The zero-order valence-corrected chi connectivity index (χ0v) is 12.3. The largest absolute Gasteiger partial charge is 0.407 e. The summed E-state index contributed by atoms with van der Waals surface area (Å²) in [5.74, 6) is 1.05. The van der Waals surface area contributed by atoms with Crippen molar-refractivity contribution in [1.82, 2.24) is 20.8 Å². The summed E-state index contributed by atoms with van der Waals surface area (Å²) >= 11 is 0. The fourth-order valence-corrected chi connectivity index (χ4v) is 1.66. The van der Waals surface area contributed by atoms with Crippen LogP contribution in [0.3, 0.4) is 0 Å². The summed E-state index contributed by atoms with van der Waals surface area (Å²) in [5, 5.41) is 16.9. The predicted molar refractivity (Wildman–Crippen MR) is 75.1 cm³/mol. The third-order valence-corrected chi connectivity index (χ3v) is 2.95. The molecule has 1 aromatic rings. The highest BCUT2D eigenvalue weighted by Gasteiger charge is 2.26. The molecule has 0 bridgehead atoms. The Balaban J connectivity index is 1.74. The van der Waals surface area contributed by atoms with E-state index in [4.69, 9.17) is 4.42 Å². The van der Waals surface area contributed by atoms with Crippen molar-refractivity contribution in [2.24, 2.45) is 5.92 Å². The highest BCUT2D eigenvalue weighted by molar-refractivity contribution is 5.84. The molecule has 0 saturated heterocycles. The van der Waals surface area contributed by atoms with Crippen LogP contribution < -0.4 is 16.0 Å². The smallest absolute Gasteiger partial charge is 0.316 e. The van der Waals surface area contributed by atoms with Crippen LogP contribution in [-0.4, -0.2) is 34.7 Å². The lowest BCUT2D eigenvalue weighted by Crippen LogP contribution is -2.38. The number of nitrogens with zero attached hydrogens (tertiary/aromatic N) is 2. The summed E-state index contributed by atoms with van der Waals surface area (Å²) in [7, 11) is 0. The molecule has 0 spiro atoms. The Morgan fingerprint density at radius 1 is 1.35 bits per heavy atom. The van der Waals surface area contributed by atoms with E-state index in [1.807, 2.05) is 0 Å². The average molecular weight is 281 g/mol. The molecule has 20 heavy (non-hydrogen) atoms. The molecule has 0 aliphatic heterocycles. The SMILES string of the molecule is CC(C)CNCc1nnc(NC(C)C(=O)NC2CC2)o1. The van der Waals surface area contributed by atoms with Crippen LogP contribution in [0.25, 0.3) is 0 Å². The van der Waals surface area contributed by atoms with Gasteiger partial charge in [0.2, 0.25) is 11.8 Å². The minimum absolute atomic E-state index is 0.0369. The van der Waals surface area contributed by atoms with Crippen molar-refractivity contribution in [2.75, 3.05) is 11.9 Å². The molecule has 7 heteroatoms. The molecule has 0 aromatic carbocycles. The van der Waals surface area contributed by atoms with E-state index in [2.05, 4.69) is 40.0 Å². The Hall–Kier alpha value is -1.63. The van der Waals surface area contributed by atoms with Crippen molar-refractivity contribution in [3.05, 3.63) is 5.89 Å². The summed E-state index contributed by atoms with van der Waals surface area (Å²) in [4.78, 5) is 11.8. The van der Waals surface area contributed by atoms with E-state index < -0.39 is 0 Å². The van der Waals surface area contributed by atoms with E-state index in [0.29, 0.717) is 24.4 Å². The number of hydrogen-bond donors (Lipinski definition) is 3. The molecule has 3 N–H and O–H groups in total. The standard InChI is InChI=1S/C13H23N5O2/c1-8(2)6-14-7-11-17-18-13(20-11)15-9(3)12(19)16-10-4-5-10/h8-10,14H,4-7H2,1-3H3,(H,15,18)(H,16,19). The maximum atomic E-state index is 11.8. The summed E-state index contributed by atoms with van der Waals surface area (Å²) in [6.45, 7) is 7.47. The maximum absolute atomic E-state index is 11.8. The molecule has 1 fully saturated rings. The van der Waals surface area contributed by atoms with Crippen LogP contribution in [0.4, 0.5) is 6.01 Å². The van der Waals surface area contributed by atoms with Crippen LogP contribution in [0.1, 0.15) is 39.5 Å². The Bertz CT molecular complexity index is 442. The molecule has 1 heterocycles. The lowest BCUT2D eigenvalue weighted by molar-refractivity contribution is -0.121. The van der Waals surface area contributed by atoms with Gasteiger partial charge in [-0.3, -0.25) is 4.79 Å². The van der Waals surface area contributed by atoms with Crippen LogP contribution in [0.5, 0.6) is 0 Å². The summed E-state index contributed by atoms with van der Waals surface area (Å²) < 4.78 is 5.43. The highest BCUT2D eigenvalue weighted by Crippen LogP contribution is 2.18. The fraction of sp³-hybridized carbons (Fsp3) is 0.769. The Morgan fingerprint density at radius 3 is 2.75 bits per heavy atom. The summed E-state index contributed by atoms with van der Waals surface area (Å²) in [6.07, 6.45) is 2.15. The van der Waals surface area contributed by atoms with E-state index in [1.165, 1.54) is 0 Å². The minimum Gasteiger partial charge on any atom is -0.407 e. The number of rotatable bonds is 8. The van der Waals surface area contributed by atoms with Gasteiger partial charge in [0, 0.05) is 6.04 Å². The van der Waals surface area contributed by atoms with Crippen molar-refractivity contribution in [3.63, 3.8) is 0 Å². The second-order valence-corrected chi connectivity index (χ2v) is 5.67. The molecule has 1 aromatic heterocycles. The van der Waals surface area contributed by atoms with Crippen LogP contribution in [0.15, 0.2) is 4.42 Å². The highest BCUT2D eigenvalue weighted by atomic mass is 16.4. The number of carbonyl (C=O) groups is 1. The molecule has 1 aliphatic rings. The Kier molecular flexibility index (Phi) is 4.94. The van der Waals surface area contributed by atoms with Gasteiger partial charge in [0.25, 0.3) is 0 Å². The third-order valence-electron chi connectivity index (χ3n) is 2.95. The van der Waals surface area contributed by atoms with Crippen molar-refractivity contribution < 1.29 is 9.21 Å². The fourth-order valence-electron chi connectivity index (χ4n) is 1.66. The molecule has 7 nitrogen and oxygen atoms in total. The maximum Gasteiger partial charge on any atom is 0.316 e. The van der Waals surface area contributed by atoms with E-state index >= 15 is 0 Å². The van der Waals surface area contributed by atoms with E-state index in [1.54, 1.807) is 6.92 Å². The van der Waals surface area contributed by atoms with Gasteiger partial charge in [0.1, 0.15) is 6.04 Å². The van der Waals surface area contributed by atoms with Gasteiger partial charge in [-0.15, -0.1) is 5.10 Å². The summed E-state index contributed by atoms with van der Waals surface area (Å²) in [6, 6.07) is 0.252. The van der Waals surface area contributed by atoms with Crippen LogP contribution in [-0.2, 0) is 11.3 Å². The van der Waals surface area contributed by atoms with Gasteiger partial charge in [-0.05, 0) is 32.2 Å². The molecule has 1 aliphatic carbocycles.